The minimum Gasteiger partial charge on any atom is -0.367 e. The molecule has 5 heteroatoms. The number of amides is 1. The van der Waals surface area contributed by atoms with E-state index in [2.05, 4.69) is 5.32 Å². The van der Waals surface area contributed by atoms with Crippen LogP contribution in [0.2, 0.25) is 0 Å². The second-order valence-electron chi connectivity index (χ2n) is 3.67. The van der Waals surface area contributed by atoms with Gasteiger partial charge in [-0.3, -0.25) is 4.79 Å². The van der Waals surface area contributed by atoms with Crippen LogP contribution in [0.5, 0.6) is 0 Å². The van der Waals surface area contributed by atoms with Crippen LogP contribution in [-0.2, 0) is 9.53 Å². The first-order valence-electron chi connectivity index (χ1n) is 5.27. The van der Waals surface area contributed by atoms with Crippen molar-refractivity contribution in [3.8, 4) is 0 Å². The fraction of sp³-hybridized carbons (Fsp3) is 0.417. The summed E-state index contributed by atoms with van der Waals surface area (Å²) < 4.78 is 5.19. The maximum absolute atomic E-state index is 11.9. The minimum atomic E-state index is -0.574. The Morgan fingerprint density at radius 1 is 1.41 bits per heavy atom. The second-order valence-corrected chi connectivity index (χ2v) is 3.67. The van der Waals surface area contributed by atoms with Crippen molar-refractivity contribution in [3.05, 3.63) is 35.9 Å². The van der Waals surface area contributed by atoms with Crippen molar-refractivity contribution < 1.29 is 9.53 Å². The van der Waals surface area contributed by atoms with Gasteiger partial charge in [0.1, 0.15) is 0 Å². The number of hydrogen-bond acceptors (Lipinski definition) is 3. The zero-order valence-electron chi connectivity index (χ0n) is 10.1. The number of carbonyl (C=O) groups is 1. The number of rotatable bonds is 5. The summed E-state index contributed by atoms with van der Waals surface area (Å²) in [4.78, 5) is 11.9. The number of ether oxygens (including phenoxy) is 1. The van der Waals surface area contributed by atoms with Gasteiger partial charge in [-0.15, -0.1) is 12.4 Å². The van der Waals surface area contributed by atoms with Gasteiger partial charge in [-0.05, 0) is 12.5 Å². The third-order valence-corrected chi connectivity index (χ3v) is 2.32. The fourth-order valence-corrected chi connectivity index (χ4v) is 1.40. The minimum absolute atomic E-state index is 0. The molecular weight excluding hydrogens is 240 g/mol. The summed E-state index contributed by atoms with van der Waals surface area (Å²) in [5.41, 5.74) is 6.28. The van der Waals surface area contributed by atoms with E-state index in [0.717, 1.165) is 5.56 Å². The molecule has 1 amide bonds. The molecule has 0 saturated heterocycles. The molecule has 1 aromatic carbocycles. The van der Waals surface area contributed by atoms with E-state index in [0.29, 0.717) is 6.54 Å². The molecule has 1 aromatic rings. The topological polar surface area (TPSA) is 64.3 Å². The molecule has 1 rings (SSSR count). The molecule has 0 aliphatic heterocycles. The maximum Gasteiger partial charge on any atom is 0.254 e. The summed E-state index contributed by atoms with van der Waals surface area (Å²) in [5, 5.41) is 2.79. The van der Waals surface area contributed by atoms with Crippen LogP contribution in [0.25, 0.3) is 0 Å². The maximum atomic E-state index is 11.9. The predicted octanol–water partition coefficient (Wildman–Crippen LogP) is 1.26. The molecule has 1 unspecified atom stereocenters. The molecule has 96 valence electrons. The summed E-state index contributed by atoms with van der Waals surface area (Å²) in [5.74, 6) is -0.161. The highest BCUT2D eigenvalue weighted by Gasteiger charge is 2.20. The van der Waals surface area contributed by atoms with Crippen molar-refractivity contribution in [2.75, 3.05) is 13.7 Å². The first kappa shape index (κ1) is 15.9. The lowest BCUT2D eigenvalue weighted by Crippen LogP contribution is -2.40. The van der Waals surface area contributed by atoms with Crippen LogP contribution >= 0.6 is 12.4 Å². The molecule has 4 nitrogen and oxygen atoms in total. The first-order chi connectivity index (χ1) is 7.69. The van der Waals surface area contributed by atoms with E-state index in [1.165, 1.54) is 7.11 Å². The van der Waals surface area contributed by atoms with Crippen LogP contribution in [0.1, 0.15) is 18.6 Å². The Morgan fingerprint density at radius 3 is 2.47 bits per heavy atom. The average molecular weight is 259 g/mol. The van der Waals surface area contributed by atoms with Crippen LogP contribution in [-0.4, -0.2) is 25.6 Å². The van der Waals surface area contributed by atoms with E-state index in [1.54, 1.807) is 0 Å². The molecule has 0 aliphatic rings. The number of carbonyl (C=O) groups excluding carboxylic acids is 1. The number of nitrogens with one attached hydrogen (secondary N) is 1. The normalized spacial score (nSPS) is 13.4. The molecular formula is C12H19ClN2O2. The number of methoxy groups -OCH3 is 1. The van der Waals surface area contributed by atoms with Gasteiger partial charge in [-0.2, -0.15) is 0 Å². The van der Waals surface area contributed by atoms with E-state index >= 15 is 0 Å². The second kappa shape index (κ2) is 8.06. The van der Waals surface area contributed by atoms with E-state index in [4.69, 9.17) is 10.5 Å². The van der Waals surface area contributed by atoms with Crippen LogP contribution in [0.15, 0.2) is 30.3 Å². The van der Waals surface area contributed by atoms with Gasteiger partial charge >= 0.3 is 0 Å². The summed E-state index contributed by atoms with van der Waals surface area (Å²) in [6, 6.07) is 9.33. The van der Waals surface area contributed by atoms with Gasteiger partial charge in [0.15, 0.2) is 6.10 Å². The molecule has 0 heterocycles. The molecule has 0 spiro atoms. The van der Waals surface area contributed by atoms with Crippen molar-refractivity contribution in [1.29, 1.82) is 0 Å². The van der Waals surface area contributed by atoms with E-state index in [9.17, 15) is 4.79 Å². The Morgan fingerprint density at radius 2 is 2.00 bits per heavy atom. The molecule has 0 radical (unpaired) electrons. The van der Waals surface area contributed by atoms with Crippen LogP contribution in [0.3, 0.4) is 0 Å². The molecule has 0 aromatic heterocycles. The van der Waals surface area contributed by atoms with Gasteiger partial charge < -0.3 is 15.8 Å². The quantitative estimate of drug-likeness (QED) is 0.836. The average Bonchev–Trinajstić information content (AvgIpc) is 2.31. The smallest absolute Gasteiger partial charge is 0.254 e. The van der Waals surface area contributed by atoms with Crippen molar-refractivity contribution in [1.82, 2.24) is 5.32 Å². The molecule has 0 aliphatic carbocycles. The van der Waals surface area contributed by atoms with E-state index < -0.39 is 6.10 Å². The van der Waals surface area contributed by atoms with E-state index in [1.807, 2.05) is 37.3 Å². The first-order valence-corrected chi connectivity index (χ1v) is 5.27. The van der Waals surface area contributed by atoms with Crippen LogP contribution in [0.4, 0.5) is 0 Å². The molecule has 3 N–H and O–H groups in total. The van der Waals surface area contributed by atoms with Gasteiger partial charge in [0.25, 0.3) is 5.91 Å². The molecule has 0 bridgehead atoms. The van der Waals surface area contributed by atoms with E-state index in [-0.39, 0.29) is 24.4 Å². The number of benzene rings is 1. The van der Waals surface area contributed by atoms with Crippen molar-refractivity contribution in [3.63, 3.8) is 0 Å². The molecule has 17 heavy (non-hydrogen) atoms. The number of nitrogens with two attached hydrogens (primary N) is 1. The van der Waals surface area contributed by atoms with Crippen molar-refractivity contribution >= 4 is 18.3 Å². The Kier molecular flexibility index (Phi) is 7.54. The lowest BCUT2D eigenvalue weighted by Gasteiger charge is -2.18. The Hall–Kier alpha value is -1.10. The highest BCUT2D eigenvalue weighted by atomic mass is 35.5. The van der Waals surface area contributed by atoms with Crippen LogP contribution in [0, 0.1) is 0 Å². The number of halogens is 1. The molecule has 0 saturated carbocycles. The van der Waals surface area contributed by atoms with Crippen molar-refractivity contribution in [2.24, 2.45) is 5.73 Å². The van der Waals surface area contributed by atoms with Gasteiger partial charge in [0, 0.05) is 19.7 Å². The summed E-state index contributed by atoms with van der Waals surface area (Å²) in [6.45, 7) is 2.27. The van der Waals surface area contributed by atoms with Gasteiger partial charge in [0.2, 0.25) is 0 Å². The van der Waals surface area contributed by atoms with Crippen LogP contribution < -0.4 is 11.1 Å². The largest absolute Gasteiger partial charge is 0.367 e. The summed E-state index contributed by atoms with van der Waals surface area (Å²) >= 11 is 0. The highest BCUT2D eigenvalue weighted by Crippen LogP contribution is 2.16. The zero-order chi connectivity index (χ0) is 12.0. The van der Waals surface area contributed by atoms with Gasteiger partial charge in [-0.25, -0.2) is 0 Å². The predicted molar refractivity (Wildman–Crippen MR) is 70.1 cm³/mol. The lowest BCUT2D eigenvalue weighted by molar-refractivity contribution is -0.132. The number of hydrogen-bond donors (Lipinski definition) is 2. The Labute approximate surface area is 108 Å². The third kappa shape index (κ3) is 4.73. The monoisotopic (exact) mass is 258 g/mol. The fourth-order valence-electron chi connectivity index (χ4n) is 1.40. The Bertz CT molecular complexity index is 333. The lowest BCUT2D eigenvalue weighted by atomic mass is 10.1. The summed E-state index contributed by atoms with van der Waals surface area (Å²) in [7, 11) is 1.52. The summed E-state index contributed by atoms with van der Waals surface area (Å²) in [6.07, 6.45) is -0.574. The standard InChI is InChI=1S/C12H18N2O2.ClH/c1-9(8-13)14-12(15)11(16-2)10-6-4-3-5-7-10;/h3-7,9,11H,8,13H2,1-2H3,(H,14,15);1H/t9-,11?;/m1./s1. The third-order valence-electron chi connectivity index (χ3n) is 2.32. The molecule has 2 atom stereocenters. The zero-order valence-corrected chi connectivity index (χ0v) is 10.9. The van der Waals surface area contributed by atoms with Crippen molar-refractivity contribution in [2.45, 2.75) is 19.1 Å². The molecule has 0 fully saturated rings. The van der Waals surface area contributed by atoms with Gasteiger partial charge in [0.05, 0.1) is 0 Å². The highest BCUT2D eigenvalue weighted by molar-refractivity contribution is 5.85. The SMILES string of the molecule is COC(C(=O)N[C@H](C)CN)c1ccccc1.Cl. The Balaban J connectivity index is 0.00000256. The van der Waals surface area contributed by atoms with Gasteiger partial charge in [-0.1, -0.05) is 30.3 Å².